The van der Waals surface area contributed by atoms with Gasteiger partial charge < -0.3 is 19.7 Å². The molecule has 8 heteroatoms. The number of esters is 1. The largest absolute Gasteiger partial charge is 0.468 e. The number of ketones is 1. The van der Waals surface area contributed by atoms with Gasteiger partial charge in [0.2, 0.25) is 5.91 Å². The van der Waals surface area contributed by atoms with Crippen molar-refractivity contribution in [3.05, 3.63) is 0 Å². The third kappa shape index (κ3) is 3.05. The molecular weight excluding hydrogens is 292 g/mol. The van der Waals surface area contributed by atoms with E-state index in [-0.39, 0.29) is 19.5 Å². The summed E-state index contributed by atoms with van der Waals surface area (Å²) in [4.78, 5) is 48.7. The van der Waals surface area contributed by atoms with Crippen molar-refractivity contribution in [1.82, 2.24) is 10.2 Å². The lowest BCUT2D eigenvalue weighted by atomic mass is 9.77. The van der Waals surface area contributed by atoms with Gasteiger partial charge >= 0.3 is 12.1 Å². The number of carbonyl (C=O) groups is 4. The van der Waals surface area contributed by atoms with Crippen LogP contribution in [0, 0.1) is 5.92 Å². The van der Waals surface area contributed by atoms with Crippen molar-refractivity contribution in [1.29, 1.82) is 0 Å². The fourth-order valence-corrected chi connectivity index (χ4v) is 2.65. The van der Waals surface area contributed by atoms with Crippen molar-refractivity contribution in [2.45, 2.75) is 38.3 Å². The van der Waals surface area contributed by atoms with Gasteiger partial charge in [-0.3, -0.25) is 14.4 Å². The molecular formula is C14H20N2O6. The highest BCUT2D eigenvalue weighted by Gasteiger charge is 2.55. The maximum Gasteiger partial charge on any atom is 0.410 e. The molecule has 0 aromatic heterocycles. The zero-order valence-electron chi connectivity index (χ0n) is 13.1. The molecule has 8 nitrogen and oxygen atoms in total. The van der Waals surface area contributed by atoms with E-state index in [2.05, 4.69) is 10.1 Å². The summed E-state index contributed by atoms with van der Waals surface area (Å²) >= 11 is 0. The van der Waals surface area contributed by atoms with E-state index in [1.54, 1.807) is 20.8 Å². The van der Waals surface area contributed by atoms with Crippen molar-refractivity contribution in [3.8, 4) is 0 Å². The monoisotopic (exact) mass is 312 g/mol. The molecule has 2 fully saturated rings. The normalized spacial score (nSPS) is 23.6. The molecule has 2 aliphatic rings. The Bertz CT molecular complexity index is 510. The van der Waals surface area contributed by atoms with Crippen LogP contribution in [0.2, 0.25) is 0 Å². The van der Waals surface area contributed by atoms with Gasteiger partial charge in [-0.05, 0) is 20.8 Å². The molecule has 2 heterocycles. The molecule has 0 radical (unpaired) electrons. The van der Waals surface area contributed by atoms with Gasteiger partial charge in [-0.1, -0.05) is 0 Å². The number of ether oxygens (including phenoxy) is 2. The van der Waals surface area contributed by atoms with Gasteiger partial charge in [0.25, 0.3) is 0 Å². The van der Waals surface area contributed by atoms with E-state index in [0.717, 1.165) is 7.11 Å². The van der Waals surface area contributed by atoms with Crippen molar-refractivity contribution >= 4 is 23.8 Å². The number of nitrogens with zero attached hydrogens (tertiary/aromatic N) is 1. The fourth-order valence-electron chi connectivity index (χ4n) is 2.65. The lowest BCUT2D eigenvalue weighted by Crippen LogP contribution is -2.75. The van der Waals surface area contributed by atoms with Gasteiger partial charge in [0, 0.05) is 19.5 Å². The molecule has 0 unspecified atom stereocenters. The number of nitrogens with one attached hydrogen (secondary N) is 1. The first-order valence-corrected chi connectivity index (χ1v) is 6.97. The number of carbonyl (C=O) groups excluding carboxylic acids is 4. The smallest absolute Gasteiger partial charge is 0.410 e. The first kappa shape index (κ1) is 16.3. The molecule has 2 amide bonds. The fraction of sp³-hybridized carbons (Fsp3) is 0.714. The summed E-state index contributed by atoms with van der Waals surface area (Å²) in [5, 5.41) is 2.66. The Morgan fingerprint density at radius 2 is 1.86 bits per heavy atom. The standard InChI is InChI=1S/C14H20N2O6/c1-13(2,3)22-12(20)16-6-14(7-16)5-8(17)9(10(18)15-14)11(19)21-4/h9H,5-7H2,1-4H3,(H,15,18)/t9-/m0/s1. The minimum atomic E-state index is -1.41. The number of methoxy groups -OCH3 is 1. The number of Topliss-reactive ketones (excluding diaryl/α,β-unsaturated/α-hetero) is 1. The third-order valence-corrected chi connectivity index (χ3v) is 3.56. The average Bonchev–Trinajstić information content (AvgIpc) is 2.32. The van der Waals surface area contributed by atoms with Crippen LogP contribution in [0.5, 0.6) is 0 Å². The van der Waals surface area contributed by atoms with Gasteiger partial charge in [-0.15, -0.1) is 0 Å². The predicted octanol–water partition coefficient (Wildman–Crippen LogP) is -0.146. The van der Waals surface area contributed by atoms with Crippen molar-refractivity contribution < 1.29 is 28.7 Å². The Labute approximate surface area is 128 Å². The van der Waals surface area contributed by atoms with Gasteiger partial charge in [-0.2, -0.15) is 0 Å². The minimum Gasteiger partial charge on any atom is -0.468 e. The number of piperidine rings is 1. The number of hydrogen-bond acceptors (Lipinski definition) is 6. The maximum atomic E-state index is 12.0. The lowest BCUT2D eigenvalue weighted by Gasteiger charge is -2.52. The Balaban J connectivity index is 1.97. The molecule has 122 valence electrons. The zero-order chi connectivity index (χ0) is 16.7. The van der Waals surface area contributed by atoms with Gasteiger partial charge in [0.05, 0.1) is 12.6 Å². The second kappa shape index (κ2) is 5.26. The summed E-state index contributed by atoms with van der Waals surface area (Å²) in [5.74, 6) is -3.43. The van der Waals surface area contributed by atoms with E-state index < -0.39 is 40.8 Å². The van der Waals surface area contributed by atoms with Crippen LogP contribution in [-0.4, -0.2) is 60.0 Å². The molecule has 0 saturated carbocycles. The van der Waals surface area contributed by atoms with Crippen molar-refractivity contribution in [2.75, 3.05) is 20.2 Å². The van der Waals surface area contributed by atoms with Crippen LogP contribution >= 0.6 is 0 Å². The van der Waals surface area contributed by atoms with Crippen molar-refractivity contribution in [2.24, 2.45) is 5.92 Å². The summed E-state index contributed by atoms with van der Waals surface area (Å²) in [6, 6.07) is 0. The highest BCUT2D eigenvalue weighted by molar-refractivity contribution is 6.18. The Morgan fingerprint density at radius 3 is 2.32 bits per heavy atom. The first-order valence-electron chi connectivity index (χ1n) is 6.97. The molecule has 2 saturated heterocycles. The van der Waals surface area contributed by atoms with Crippen LogP contribution in [0.15, 0.2) is 0 Å². The molecule has 1 spiro atoms. The van der Waals surface area contributed by atoms with Crippen molar-refractivity contribution in [3.63, 3.8) is 0 Å². The van der Waals surface area contributed by atoms with Crippen LogP contribution in [0.25, 0.3) is 0 Å². The molecule has 0 aromatic rings. The van der Waals surface area contributed by atoms with Gasteiger partial charge in [-0.25, -0.2) is 4.79 Å². The average molecular weight is 312 g/mol. The van der Waals surface area contributed by atoms with Crippen LogP contribution < -0.4 is 5.32 Å². The molecule has 0 bridgehead atoms. The second-order valence-electron chi connectivity index (χ2n) is 6.71. The summed E-state index contributed by atoms with van der Waals surface area (Å²) in [6.07, 6.45) is -0.493. The van der Waals surface area contributed by atoms with E-state index >= 15 is 0 Å². The molecule has 1 atom stereocenters. The molecule has 0 aromatic carbocycles. The SMILES string of the molecule is COC(=O)[C@H]1C(=O)CC2(CN(C(=O)OC(C)(C)C)C2)NC1=O. The summed E-state index contributed by atoms with van der Waals surface area (Å²) in [5.41, 5.74) is -1.41. The molecule has 22 heavy (non-hydrogen) atoms. The second-order valence-corrected chi connectivity index (χ2v) is 6.71. The topological polar surface area (TPSA) is 102 Å². The first-order chi connectivity index (χ1) is 10.1. The highest BCUT2D eigenvalue weighted by atomic mass is 16.6. The minimum absolute atomic E-state index is 0.00218. The Morgan fingerprint density at radius 1 is 1.27 bits per heavy atom. The third-order valence-electron chi connectivity index (χ3n) is 3.56. The summed E-state index contributed by atoms with van der Waals surface area (Å²) < 4.78 is 9.68. The Hall–Kier alpha value is -2.12. The van der Waals surface area contributed by atoms with E-state index in [0.29, 0.717) is 0 Å². The number of likely N-dealkylation sites (tertiary alicyclic amines) is 1. The predicted molar refractivity (Wildman–Crippen MR) is 73.8 cm³/mol. The molecule has 2 aliphatic heterocycles. The van der Waals surface area contributed by atoms with Gasteiger partial charge in [0.1, 0.15) is 5.60 Å². The van der Waals surface area contributed by atoms with Gasteiger partial charge in [0.15, 0.2) is 11.7 Å². The number of hydrogen-bond donors (Lipinski definition) is 1. The van der Waals surface area contributed by atoms with Crippen LogP contribution in [-0.2, 0) is 23.9 Å². The Kier molecular flexibility index (Phi) is 3.88. The molecule has 0 aliphatic carbocycles. The molecule has 2 rings (SSSR count). The van der Waals surface area contributed by atoms with Crippen LogP contribution in [0.3, 0.4) is 0 Å². The molecule has 1 N–H and O–H groups in total. The van der Waals surface area contributed by atoms with E-state index in [1.165, 1.54) is 4.90 Å². The maximum absolute atomic E-state index is 12.0. The number of rotatable bonds is 1. The summed E-state index contributed by atoms with van der Waals surface area (Å²) in [6.45, 7) is 5.65. The highest BCUT2D eigenvalue weighted by Crippen LogP contribution is 2.31. The van der Waals surface area contributed by atoms with E-state index in [9.17, 15) is 19.2 Å². The van der Waals surface area contributed by atoms with Crippen LogP contribution in [0.4, 0.5) is 4.79 Å². The van der Waals surface area contributed by atoms with Crippen LogP contribution in [0.1, 0.15) is 27.2 Å². The van der Waals surface area contributed by atoms with E-state index in [4.69, 9.17) is 4.74 Å². The van der Waals surface area contributed by atoms with E-state index in [1.807, 2.05) is 0 Å². The number of amides is 2. The lowest BCUT2D eigenvalue weighted by molar-refractivity contribution is -0.159. The quantitative estimate of drug-likeness (QED) is 0.534. The summed E-state index contributed by atoms with van der Waals surface area (Å²) in [7, 11) is 1.13. The zero-order valence-corrected chi connectivity index (χ0v) is 13.1.